The predicted molar refractivity (Wildman–Crippen MR) is 85.5 cm³/mol. The van der Waals surface area contributed by atoms with Gasteiger partial charge in [0.2, 0.25) is 5.56 Å². The van der Waals surface area contributed by atoms with Gasteiger partial charge in [0.15, 0.2) is 0 Å². The molecule has 0 spiro atoms. The van der Waals surface area contributed by atoms with Gasteiger partial charge in [-0.1, -0.05) is 18.2 Å². The first-order valence-electron chi connectivity index (χ1n) is 6.97. The number of benzene rings is 2. The van der Waals surface area contributed by atoms with Gasteiger partial charge in [-0.05, 0) is 36.8 Å². The molecule has 0 bridgehead atoms. The molecule has 1 N–H and O–H groups in total. The number of carbonyl (C=O) groups excluding carboxylic acids is 1. The zero-order valence-corrected chi connectivity index (χ0v) is 12.1. The highest BCUT2D eigenvalue weighted by atomic mass is 16.5. The van der Waals surface area contributed by atoms with Crippen molar-refractivity contribution < 1.29 is 9.53 Å². The molecule has 110 valence electrons. The summed E-state index contributed by atoms with van der Waals surface area (Å²) < 4.78 is 5.73. The van der Waals surface area contributed by atoms with Gasteiger partial charge in [-0.2, -0.15) is 0 Å². The Kier molecular flexibility index (Phi) is 3.74. The number of rotatable bonds is 4. The number of H-pyrrole nitrogens is 1. The van der Waals surface area contributed by atoms with Gasteiger partial charge in [-0.15, -0.1) is 0 Å². The quantitative estimate of drug-likeness (QED) is 0.751. The summed E-state index contributed by atoms with van der Waals surface area (Å²) in [6.45, 7) is 2.26. The van der Waals surface area contributed by atoms with E-state index in [1.54, 1.807) is 30.3 Å². The molecule has 4 heteroatoms. The Morgan fingerprint density at radius 1 is 1.14 bits per heavy atom. The van der Waals surface area contributed by atoms with E-state index in [1.807, 2.05) is 25.1 Å². The number of hydrogen-bond donors (Lipinski definition) is 1. The second-order valence-corrected chi connectivity index (χ2v) is 5.13. The summed E-state index contributed by atoms with van der Waals surface area (Å²) in [7, 11) is 0. The van der Waals surface area contributed by atoms with Crippen LogP contribution in [0.5, 0.6) is 5.75 Å². The van der Waals surface area contributed by atoms with Gasteiger partial charge in [-0.3, -0.25) is 9.59 Å². The number of aldehydes is 1. The summed E-state index contributed by atoms with van der Waals surface area (Å²) in [5.41, 5.74) is 3.15. The standard InChI is InChI=1S/C18H15NO3/c1-12-3-2-4-16-14(9-17(21)19-18(12)16)11-22-15-7-5-13(10-20)6-8-15/h2-10H,11H2,1H3,(H,19,21). The molecule has 0 fully saturated rings. The summed E-state index contributed by atoms with van der Waals surface area (Å²) in [5, 5.41) is 0.976. The lowest BCUT2D eigenvalue weighted by Crippen LogP contribution is -2.09. The van der Waals surface area contributed by atoms with Gasteiger partial charge in [-0.25, -0.2) is 0 Å². The molecular weight excluding hydrogens is 278 g/mol. The number of aromatic nitrogens is 1. The van der Waals surface area contributed by atoms with Crippen LogP contribution in [0, 0.1) is 6.92 Å². The van der Waals surface area contributed by atoms with Crippen LogP contribution in [-0.4, -0.2) is 11.3 Å². The van der Waals surface area contributed by atoms with E-state index in [2.05, 4.69) is 4.98 Å². The third kappa shape index (κ3) is 2.76. The Balaban J connectivity index is 1.91. The lowest BCUT2D eigenvalue weighted by molar-refractivity contribution is 0.112. The third-order valence-corrected chi connectivity index (χ3v) is 3.58. The Hall–Kier alpha value is -2.88. The SMILES string of the molecule is Cc1cccc2c(COc3ccc(C=O)cc3)cc(=O)[nH]c12. The smallest absolute Gasteiger partial charge is 0.248 e. The van der Waals surface area contributed by atoms with Gasteiger partial charge < -0.3 is 9.72 Å². The van der Waals surface area contributed by atoms with Gasteiger partial charge in [0.25, 0.3) is 0 Å². The lowest BCUT2D eigenvalue weighted by Gasteiger charge is -2.10. The highest BCUT2D eigenvalue weighted by Gasteiger charge is 2.06. The number of nitrogens with one attached hydrogen (secondary N) is 1. The fourth-order valence-electron chi connectivity index (χ4n) is 2.42. The van der Waals surface area contributed by atoms with E-state index in [9.17, 15) is 9.59 Å². The van der Waals surface area contributed by atoms with Crippen LogP contribution in [0.4, 0.5) is 0 Å². The summed E-state index contributed by atoms with van der Waals surface area (Å²) >= 11 is 0. The van der Waals surface area contributed by atoms with Crippen LogP contribution in [0.1, 0.15) is 21.5 Å². The molecule has 0 aliphatic heterocycles. The van der Waals surface area contributed by atoms with Crippen LogP contribution < -0.4 is 10.3 Å². The van der Waals surface area contributed by atoms with E-state index >= 15 is 0 Å². The first kappa shape index (κ1) is 14.1. The summed E-state index contributed by atoms with van der Waals surface area (Å²) in [6.07, 6.45) is 0.788. The highest BCUT2D eigenvalue weighted by molar-refractivity contribution is 5.84. The number of carbonyl (C=O) groups is 1. The molecule has 0 unspecified atom stereocenters. The fourth-order valence-corrected chi connectivity index (χ4v) is 2.42. The monoisotopic (exact) mass is 293 g/mol. The lowest BCUT2D eigenvalue weighted by atomic mass is 10.1. The number of pyridine rings is 1. The topological polar surface area (TPSA) is 59.2 Å². The molecule has 4 nitrogen and oxygen atoms in total. The molecule has 22 heavy (non-hydrogen) atoms. The molecule has 0 saturated heterocycles. The molecule has 1 aromatic heterocycles. The molecule has 0 saturated carbocycles. The molecule has 1 heterocycles. The first-order chi connectivity index (χ1) is 10.7. The van der Waals surface area contributed by atoms with Gasteiger partial charge >= 0.3 is 0 Å². The normalized spacial score (nSPS) is 10.6. The van der Waals surface area contributed by atoms with Crippen LogP contribution in [0.3, 0.4) is 0 Å². The van der Waals surface area contributed by atoms with Crippen molar-refractivity contribution in [3.63, 3.8) is 0 Å². The van der Waals surface area contributed by atoms with Gasteiger partial charge in [0.05, 0.1) is 5.52 Å². The van der Waals surface area contributed by atoms with Crippen LogP contribution in [0.2, 0.25) is 0 Å². The molecule has 0 aliphatic carbocycles. The molecule has 0 atom stereocenters. The van der Waals surface area contributed by atoms with E-state index in [-0.39, 0.29) is 5.56 Å². The molecule has 3 aromatic rings. The molecular formula is C18H15NO3. The van der Waals surface area contributed by atoms with Crippen molar-refractivity contribution in [2.45, 2.75) is 13.5 Å². The van der Waals surface area contributed by atoms with E-state index in [0.717, 1.165) is 28.3 Å². The van der Waals surface area contributed by atoms with Crippen LogP contribution in [-0.2, 0) is 6.61 Å². The van der Waals surface area contributed by atoms with Crippen molar-refractivity contribution in [3.8, 4) is 5.75 Å². The maximum Gasteiger partial charge on any atom is 0.248 e. The van der Waals surface area contributed by atoms with Crippen molar-refractivity contribution in [2.75, 3.05) is 0 Å². The number of fused-ring (bicyclic) bond motifs is 1. The molecule has 0 aliphatic rings. The number of aryl methyl sites for hydroxylation is 1. The second kappa shape index (κ2) is 5.85. The van der Waals surface area contributed by atoms with E-state index in [4.69, 9.17) is 4.74 Å². The number of hydrogen-bond acceptors (Lipinski definition) is 3. The predicted octanol–water partition coefficient (Wildman–Crippen LogP) is 3.23. The van der Waals surface area contributed by atoms with E-state index < -0.39 is 0 Å². The second-order valence-electron chi connectivity index (χ2n) is 5.13. The fraction of sp³-hybridized carbons (Fsp3) is 0.111. The van der Waals surface area contributed by atoms with Crippen molar-refractivity contribution in [3.05, 3.63) is 75.6 Å². The highest BCUT2D eigenvalue weighted by Crippen LogP contribution is 2.20. The van der Waals surface area contributed by atoms with Crippen molar-refractivity contribution >= 4 is 17.2 Å². The Morgan fingerprint density at radius 2 is 1.91 bits per heavy atom. The minimum absolute atomic E-state index is 0.142. The number of aromatic amines is 1. The molecule has 0 radical (unpaired) electrons. The average molecular weight is 293 g/mol. The molecule has 3 rings (SSSR count). The zero-order valence-electron chi connectivity index (χ0n) is 12.1. The third-order valence-electron chi connectivity index (χ3n) is 3.58. The van der Waals surface area contributed by atoms with E-state index in [0.29, 0.717) is 17.9 Å². The first-order valence-corrected chi connectivity index (χ1v) is 6.97. The van der Waals surface area contributed by atoms with Gasteiger partial charge in [0.1, 0.15) is 18.6 Å². The van der Waals surface area contributed by atoms with Crippen molar-refractivity contribution in [1.82, 2.24) is 4.98 Å². The minimum atomic E-state index is -0.142. The maximum atomic E-state index is 11.8. The summed E-state index contributed by atoms with van der Waals surface area (Å²) in [4.78, 5) is 25.3. The Morgan fingerprint density at radius 3 is 2.64 bits per heavy atom. The van der Waals surface area contributed by atoms with Crippen molar-refractivity contribution in [1.29, 1.82) is 0 Å². The largest absolute Gasteiger partial charge is 0.489 e. The van der Waals surface area contributed by atoms with Crippen LogP contribution >= 0.6 is 0 Å². The minimum Gasteiger partial charge on any atom is -0.489 e. The number of para-hydroxylation sites is 1. The molecule has 2 aromatic carbocycles. The zero-order chi connectivity index (χ0) is 15.5. The average Bonchev–Trinajstić information content (AvgIpc) is 2.54. The number of ether oxygens (including phenoxy) is 1. The Bertz CT molecular complexity index is 879. The van der Waals surface area contributed by atoms with Gasteiger partial charge in [0, 0.05) is 22.6 Å². The van der Waals surface area contributed by atoms with Crippen LogP contribution in [0.25, 0.3) is 10.9 Å². The maximum absolute atomic E-state index is 11.8. The molecule has 0 amide bonds. The van der Waals surface area contributed by atoms with Crippen LogP contribution in [0.15, 0.2) is 53.3 Å². The van der Waals surface area contributed by atoms with Crippen molar-refractivity contribution in [2.24, 2.45) is 0 Å². The summed E-state index contributed by atoms with van der Waals surface area (Å²) in [6, 6.07) is 14.3. The Labute approximate surface area is 127 Å². The van der Waals surface area contributed by atoms with E-state index in [1.165, 1.54) is 0 Å². The summed E-state index contributed by atoms with van der Waals surface area (Å²) in [5.74, 6) is 0.659.